The zero-order chi connectivity index (χ0) is 30.0. The van der Waals surface area contributed by atoms with Crippen LogP contribution in [0.25, 0.3) is 0 Å². The molecule has 222 valence electrons. The quantitative estimate of drug-likeness (QED) is 0.530. The molecule has 0 radical (unpaired) electrons. The largest absolute Gasteiger partial charge is 0.394 e. The van der Waals surface area contributed by atoms with E-state index < -0.39 is 40.7 Å². The molecule has 8 nitrogen and oxygen atoms in total. The maximum atomic E-state index is 14.8. The first-order chi connectivity index (χ1) is 19.2. The van der Waals surface area contributed by atoms with Gasteiger partial charge in [0.05, 0.1) is 30.1 Å². The summed E-state index contributed by atoms with van der Waals surface area (Å²) in [6.45, 7) is 14.8. The summed E-state index contributed by atoms with van der Waals surface area (Å²) in [6.07, 6.45) is 8.85. The van der Waals surface area contributed by atoms with E-state index >= 15 is 0 Å². The van der Waals surface area contributed by atoms with E-state index in [0.29, 0.717) is 19.5 Å². The van der Waals surface area contributed by atoms with Crippen LogP contribution in [0.1, 0.15) is 61.3 Å². The topological polar surface area (TPSA) is 90.4 Å². The summed E-state index contributed by atoms with van der Waals surface area (Å²) in [4.78, 5) is 48.9. The van der Waals surface area contributed by atoms with Crippen LogP contribution in [0.5, 0.6) is 0 Å². The summed E-state index contributed by atoms with van der Waals surface area (Å²) in [6, 6.07) is 7.87. The SMILES string of the molecule is CC[C@@H](CO)N1C(=O)[C@@H]2[C@@H]3C(=O)N(c4ccccc4)CC=C[C@]3(C)O[C@@]23C=CCN(C(C)(C)CC(C)(C)C)C(=O)C13. The normalized spacial score (nSPS) is 32.5. The number of rotatable bonds is 6. The highest BCUT2D eigenvalue weighted by molar-refractivity contribution is 6.04. The van der Waals surface area contributed by atoms with Gasteiger partial charge >= 0.3 is 0 Å². The number of anilines is 1. The minimum Gasteiger partial charge on any atom is -0.394 e. The van der Waals surface area contributed by atoms with Crippen molar-refractivity contribution in [1.82, 2.24) is 9.80 Å². The molecule has 6 atom stereocenters. The van der Waals surface area contributed by atoms with Crippen LogP contribution < -0.4 is 4.90 Å². The summed E-state index contributed by atoms with van der Waals surface area (Å²) in [5.74, 6) is -2.47. The number of aliphatic hydroxyl groups is 1. The highest BCUT2D eigenvalue weighted by atomic mass is 16.5. The standard InChI is InChI=1S/C33H45N3O5/c1-8-22(20-37)36-26-29(40)35(31(5,6)21-30(2,3)4)19-13-17-33(26)25(28(36)39)24-27(38)34(23-14-10-9-11-15-23)18-12-16-32(24,7)41-33/h9-17,22,24-26,37H,8,18-21H2,1-7H3/t22-,24+,25-,26?,32-,33-/m0/s1. The van der Waals surface area contributed by atoms with Gasteiger partial charge in [-0.2, -0.15) is 0 Å². The van der Waals surface area contributed by atoms with Gasteiger partial charge in [-0.25, -0.2) is 0 Å². The van der Waals surface area contributed by atoms with Gasteiger partial charge in [-0.05, 0) is 51.2 Å². The Morgan fingerprint density at radius 3 is 2.22 bits per heavy atom. The third-order valence-corrected chi connectivity index (χ3v) is 9.33. The number of likely N-dealkylation sites (tertiary alicyclic amines) is 1. The number of amides is 3. The Labute approximate surface area is 244 Å². The van der Waals surface area contributed by atoms with Crippen molar-refractivity contribution in [2.75, 3.05) is 24.6 Å². The fourth-order valence-corrected chi connectivity index (χ4v) is 8.05. The minimum absolute atomic E-state index is 0.0368. The lowest BCUT2D eigenvalue weighted by Gasteiger charge is -2.45. The molecule has 41 heavy (non-hydrogen) atoms. The Hall–Kier alpha value is -2.97. The van der Waals surface area contributed by atoms with E-state index in [1.807, 2.05) is 73.4 Å². The van der Waals surface area contributed by atoms with Crippen molar-refractivity contribution in [1.29, 1.82) is 0 Å². The lowest BCUT2D eigenvalue weighted by atomic mass is 9.74. The Kier molecular flexibility index (Phi) is 7.26. The predicted molar refractivity (Wildman–Crippen MR) is 158 cm³/mol. The minimum atomic E-state index is -1.34. The van der Waals surface area contributed by atoms with Crippen LogP contribution in [-0.2, 0) is 19.1 Å². The van der Waals surface area contributed by atoms with Gasteiger partial charge in [-0.15, -0.1) is 0 Å². The van der Waals surface area contributed by atoms with Crippen LogP contribution in [0.15, 0.2) is 54.6 Å². The Morgan fingerprint density at radius 1 is 0.951 bits per heavy atom. The predicted octanol–water partition coefficient (Wildman–Crippen LogP) is 3.94. The van der Waals surface area contributed by atoms with Gasteiger partial charge in [0.1, 0.15) is 11.6 Å². The van der Waals surface area contributed by atoms with Crippen LogP contribution in [0.2, 0.25) is 0 Å². The molecule has 5 rings (SSSR count). The second-order valence-electron chi connectivity index (χ2n) is 14.1. The van der Waals surface area contributed by atoms with Gasteiger partial charge in [-0.3, -0.25) is 14.4 Å². The number of nitrogens with zero attached hydrogens (tertiary/aromatic N) is 3. The summed E-state index contributed by atoms with van der Waals surface area (Å²) < 4.78 is 6.94. The van der Waals surface area contributed by atoms with Gasteiger partial charge in [0.15, 0.2) is 0 Å². The highest BCUT2D eigenvalue weighted by Gasteiger charge is 2.75. The fourth-order valence-electron chi connectivity index (χ4n) is 8.05. The fraction of sp³-hybridized carbons (Fsp3) is 0.606. The molecule has 4 heterocycles. The molecule has 0 aromatic heterocycles. The van der Waals surface area contributed by atoms with Crippen LogP contribution in [0.4, 0.5) is 5.69 Å². The first-order valence-corrected chi connectivity index (χ1v) is 14.9. The maximum absolute atomic E-state index is 14.8. The lowest BCUT2D eigenvalue weighted by molar-refractivity contribution is -0.158. The molecule has 0 aliphatic carbocycles. The number of ether oxygens (including phenoxy) is 1. The van der Waals surface area contributed by atoms with Crippen molar-refractivity contribution in [3.8, 4) is 0 Å². The Balaban J connectivity index is 1.65. The number of fused-ring (bicyclic) bond motifs is 2. The molecule has 2 saturated heterocycles. The first-order valence-electron chi connectivity index (χ1n) is 14.9. The summed E-state index contributed by atoms with van der Waals surface area (Å²) >= 11 is 0. The molecule has 4 aliphatic heterocycles. The highest BCUT2D eigenvalue weighted by Crippen LogP contribution is 2.58. The van der Waals surface area contributed by atoms with Gasteiger partial charge in [-0.1, -0.05) is 70.2 Å². The monoisotopic (exact) mass is 563 g/mol. The van der Waals surface area contributed by atoms with Gasteiger partial charge in [0, 0.05) is 24.3 Å². The van der Waals surface area contributed by atoms with E-state index in [0.717, 1.165) is 12.1 Å². The molecule has 0 bridgehead atoms. The maximum Gasteiger partial charge on any atom is 0.249 e. The van der Waals surface area contributed by atoms with Crippen molar-refractivity contribution in [3.63, 3.8) is 0 Å². The lowest BCUT2D eigenvalue weighted by Crippen LogP contribution is -2.62. The van der Waals surface area contributed by atoms with Gasteiger partial charge in [0.25, 0.3) is 0 Å². The third kappa shape index (κ3) is 4.63. The van der Waals surface area contributed by atoms with Gasteiger partial charge < -0.3 is 24.5 Å². The number of para-hydroxylation sites is 1. The molecule has 1 aromatic rings. The molecule has 1 N–H and O–H groups in total. The van der Waals surface area contributed by atoms with Crippen molar-refractivity contribution in [2.24, 2.45) is 17.3 Å². The second-order valence-corrected chi connectivity index (χ2v) is 14.1. The molecule has 2 fully saturated rings. The summed E-state index contributed by atoms with van der Waals surface area (Å²) in [5.41, 5.74) is -2.23. The molecular weight excluding hydrogens is 518 g/mol. The molecule has 3 amide bonds. The molecule has 1 unspecified atom stereocenters. The number of carbonyl (C=O) groups is 3. The summed E-state index contributed by atoms with van der Waals surface area (Å²) in [5, 5.41) is 10.4. The van der Waals surface area contributed by atoms with Crippen molar-refractivity contribution >= 4 is 23.4 Å². The molecule has 0 saturated carbocycles. The van der Waals surface area contributed by atoms with Crippen LogP contribution in [0.3, 0.4) is 0 Å². The molecule has 1 aromatic carbocycles. The van der Waals surface area contributed by atoms with Gasteiger partial charge in [0.2, 0.25) is 17.7 Å². The van der Waals surface area contributed by atoms with E-state index in [-0.39, 0.29) is 29.7 Å². The summed E-state index contributed by atoms with van der Waals surface area (Å²) in [7, 11) is 0. The van der Waals surface area contributed by atoms with Crippen LogP contribution >= 0.6 is 0 Å². The smallest absolute Gasteiger partial charge is 0.249 e. The number of hydrogen-bond donors (Lipinski definition) is 1. The van der Waals surface area contributed by atoms with Crippen molar-refractivity contribution in [3.05, 3.63) is 54.6 Å². The molecular formula is C33H45N3O5. The number of benzene rings is 1. The number of hydrogen-bond acceptors (Lipinski definition) is 5. The van der Waals surface area contributed by atoms with Crippen molar-refractivity contribution in [2.45, 2.75) is 90.1 Å². The van der Waals surface area contributed by atoms with E-state index in [4.69, 9.17) is 4.74 Å². The molecule has 8 heteroatoms. The average molecular weight is 564 g/mol. The van der Waals surface area contributed by atoms with Crippen molar-refractivity contribution < 1.29 is 24.2 Å². The van der Waals surface area contributed by atoms with E-state index in [9.17, 15) is 19.5 Å². The van der Waals surface area contributed by atoms with E-state index in [2.05, 4.69) is 34.6 Å². The zero-order valence-corrected chi connectivity index (χ0v) is 25.5. The van der Waals surface area contributed by atoms with Crippen LogP contribution in [-0.4, -0.2) is 81.1 Å². The third-order valence-electron chi connectivity index (χ3n) is 9.33. The Bertz CT molecular complexity index is 1260. The average Bonchev–Trinajstić information content (AvgIpc) is 3.15. The molecule has 4 aliphatic rings. The first kappa shape index (κ1) is 29.5. The van der Waals surface area contributed by atoms with E-state index in [1.54, 1.807) is 9.80 Å². The molecule has 1 spiro atoms. The Morgan fingerprint density at radius 2 is 1.61 bits per heavy atom. The van der Waals surface area contributed by atoms with Crippen LogP contribution in [0, 0.1) is 17.3 Å². The number of aliphatic hydroxyl groups excluding tert-OH is 1. The van der Waals surface area contributed by atoms with E-state index in [1.165, 1.54) is 0 Å². The second kappa shape index (κ2) is 10.1. The zero-order valence-electron chi connectivity index (χ0n) is 25.5. The number of carbonyl (C=O) groups excluding carboxylic acids is 3.